The van der Waals surface area contributed by atoms with Crippen LogP contribution in [0.2, 0.25) is 0 Å². The summed E-state index contributed by atoms with van der Waals surface area (Å²) in [7, 11) is 0. The summed E-state index contributed by atoms with van der Waals surface area (Å²) in [6.07, 6.45) is -5.95. The Morgan fingerprint density at radius 1 is 1.50 bits per heavy atom. The van der Waals surface area contributed by atoms with E-state index in [4.69, 9.17) is 5.11 Å². The number of carbonyl (C=O) groups is 1. The Balaban J connectivity index is 3.12. The van der Waals surface area contributed by atoms with Crippen LogP contribution in [0, 0.1) is 0 Å². The van der Waals surface area contributed by atoms with Crippen molar-refractivity contribution >= 4 is 17.1 Å². The van der Waals surface area contributed by atoms with Crippen LogP contribution >= 0.6 is 11.3 Å². The fourth-order valence-electron chi connectivity index (χ4n) is 0.932. The maximum Gasteiger partial charge on any atom is 0.417 e. The molecule has 0 fully saturated rings. The standard InChI is InChI=1S/C8H7F3O2S/c1-4(12)7(13)5-2-14-3-6(5)8(9,10)11/h2-4,12H,1H3. The normalized spacial score (nSPS) is 14.1. The Morgan fingerprint density at radius 3 is 2.50 bits per heavy atom. The largest absolute Gasteiger partial charge is 0.417 e. The van der Waals surface area contributed by atoms with Crippen molar-refractivity contribution in [2.75, 3.05) is 0 Å². The highest BCUT2D eigenvalue weighted by molar-refractivity contribution is 7.08. The van der Waals surface area contributed by atoms with Crippen molar-refractivity contribution in [1.82, 2.24) is 0 Å². The molecule has 1 rings (SSSR count). The maximum absolute atomic E-state index is 12.3. The van der Waals surface area contributed by atoms with Gasteiger partial charge in [0, 0.05) is 16.3 Å². The van der Waals surface area contributed by atoms with Crippen LogP contribution in [0.15, 0.2) is 10.8 Å². The van der Waals surface area contributed by atoms with E-state index in [1.807, 2.05) is 0 Å². The topological polar surface area (TPSA) is 37.3 Å². The van der Waals surface area contributed by atoms with Crippen molar-refractivity contribution < 1.29 is 23.1 Å². The average molecular weight is 224 g/mol. The Labute approximate surface area is 82.0 Å². The first-order valence-corrected chi connectivity index (χ1v) is 4.64. The molecule has 1 N–H and O–H groups in total. The van der Waals surface area contributed by atoms with Gasteiger partial charge < -0.3 is 5.11 Å². The van der Waals surface area contributed by atoms with Crippen LogP contribution in [0.5, 0.6) is 0 Å². The lowest BCUT2D eigenvalue weighted by Gasteiger charge is -2.08. The first-order valence-electron chi connectivity index (χ1n) is 3.69. The summed E-state index contributed by atoms with van der Waals surface area (Å²) in [6, 6.07) is 0. The summed E-state index contributed by atoms with van der Waals surface area (Å²) in [4.78, 5) is 11.1. The van der Waals surface area contributed by atoms with E-state index >= 15 is 0 Å². The van der Waals surface area contributed by atoms with Crippen molar-refractivity contribution in [2.24, 2.45) is 0 Å². The van der Waals surface area contributed by atoms with Crippen LogP contribution < -0.4 is 0 Å². The monoisotopic (exact) mass is 224 g/mol. The molecule has 14 heavy (non-hydrogen) atoms. The maximum atomic E-state index is 12.3. The predicted molar refractivity (Wildman–Crippen MR) is 45.3 cm³/mol. The summed E-state index contributed by atoms with van der Waals surface area (Å²) in [5.74, 6) is -0.904. The van der Waals surface area contributed by atoms with E-state index in [0.29, 0.717) is 0 Å². The smallest absolute Gasteiger partial charge is 0.385 e. The summed E-state index contributed by atoms with van der Waals surface area (Å²) in [6.45, 7) is 1.14. The zero-order valence-corrected chi connectivity index (χ0v) is 7.95. The van der Waals surface area contributed by atoms with E-state index in [-0.39, 0.29) is 0 Å². The van der Waals surface area contributed by atoms with Gasteiger partial charge in [-0.25, -0.2) is 0 Å². The molecular formula is C8H7F3O2S. The van der Waals surface area contributed by atoms with E-state index in [1.54, 1.807) is 0 Å². The van der Waals surface area contributed by atoms with Gasteiger partial charge in [0.05, 0.1) is 5.56 Å². The molecule has 0 saturated heterocycles. The quantitative estimate of drug-likeness (QED) is 0.783. The van der Waals surface area contributed by atoms with Gasteiger partial charge in [0.15, 0.2) is 5.78 Å². The van der Waals surface area contributed by atoms with Gasteiger partial charge in [-0.2, -0.15) is 24.5 Å². The van der Waals surface area contributed by atoms with Crippen molar-refractivity contribution in [3.8, 4) is 0 Å². The molecule has 0 amide bonds. The molecule has 0 saturated carbocycles. The molecule has 1 heterocycles. The molecule has 0 spiro atoms. The summed E-state index contributed by atoms with van der Waals surface area (Å²) in [5.41, 5.74) is -1.44. The Hall–Kier alpha value is -0.880. The third-order valence-corrected chi connectivity index (χ3v) is 2.36. The number of hydrogen-bond acceptors (Lipinski definition) is 3. The highest BCUT2D eigenvalue weighted by atomic mass is 32.1. The fourth-order valence-corrected chi connectivity index (χ4v) is 1.78. The second kappa shape index (κ2) is 3.70. The molecule has 1 aromatic rings. The third-order valence-electron chi connectivity index (χ3n) is 1.61. The van der Waals surface area contributed by atoms with Crippen LogP contribution in [0.25, 0.3) is 0 Å². The first kappa shape index (κ1) is 11.2. The minimum Gasteiger partial charge on any atom is -0.385 e. The number of halogens is 3. The minimum atomic E-state index is -4.54. The minimum absolute atomic E-state index is 0.461. The van der Waals surface area contributed by atoms with Gasteiger partial charge in [-0.05, 0) is 6.92 Å². The molecule has 0 bridgehead atoms. The van der Waals surface area contributed by atoms with E-state index in [9.17, 15) is 18.0 Å². The van der Waals surface area contributed by atoms with Crippen LogP contribution in [0.4, 0.5) is 13.2 Å². The zero-order valence-electron chi connectivity index (χ0n) is 7.13. The number of thiophene rings is 1. The molecule has 1 atom stereocenters. The summed E-state index contributed by atoms with van der Waals surface area (Å²) >= 11 is 0.787. The van der Waals surface area contributed by atoms with Gasteiger partial charge in [0.25, 0.3) is 0 Å². The zero-order chi connectivity index (χ0) is 10.9. The molecule has 0 aliphatic rings. The number of Topliss-reactive ketones (excluding diaryl/α,β-unsaturated/α-hetero) is 1. The molecule has 0 aromatic carbocycles. The molecule has 0 aliphatic heterocycles. The van der Waals surface area contributed by atoms with Crippen molar-refractivity contribution in [3.05, 3.63) is 21.9 Å². The fraction of sp³-hybridized carbons (Fsp3) is 0.375. The Morgan fingerprint density at radius 2 is 2.07 bits per heavy atom. The molecule has 1 aromatic heterocycles. The van der Waals surface area contributed by atoms with E-state index in [1.165, 1.54) is 0 Å². The van der Waals surface area contributed by atoms with Crippen LogP contribution in [-0.4, -0.2) is 17.0 Å². The number of aliphatic hydroxyl groups excluding tert-OH is 1. The average Bonchev–Trinajstić information content (AvgIpc) is 2.48. The molecule has 0 aliphatic carbocycles. The number of aliphatic hydroxyl groups is 1. The lowest BCUT2D eigenvalue weighted by atomic mass is 10.1. The lowest BCUT2D eigenvalue weighted by Crippen LogP contribution is -2.19. The molecule has 78 valence electrons. The molecular weight excluding hydrogens is 217 g/mol. The van der Waals surface area contributed by atoms with Gasteiger partial charge in [0.2, 0.25) is 0 Å². The SMILES string of the molecule is CC(O)C(=O)c1cscc1C(F)(F)F. The Kier molecular flexibility index (Phi) is 2.96. The van der Waals surface area contributed by atoms with Crippen LogP contribution in [0.1, 0.15) is 22.8 Å². The lowest BCUT2D eigenvalue weighted by molar-refractivity contribution is -0.137. The van der Waals surface area contributed by atoms with E-state index < -0.39 is 29.2 Å². The van der Waals surface area contributed by atoms with E-state index in [0.717, 1.165) is 29.0 Å². The van der Waals surface area contributed by atoms with Gasteiger partial charge in [-0.15, -0.1) is 0 Å². The van der Waals surface area contributed by atoms with Gasteiger partial charge in [0.1, 0.15) is 6.10 Å². The van der Waals surface area contributed by atoms with Crippen LogP contribution in [0.3, 0.4) is 0 Å². The molecule has 0 radical (unpaired) electrons. The summed E-state index contributed by atoms with van der Waals surface area (Å²) in [5, 5.41) is 10.8. The van der Waals surface area contributed by atoms with Crippen LogP contribution in [-0.2, 0) is 6.18 Å². The highest BCUT2D eigenvalue weighted by Gasteiger charge is 2.36. The number of alkyl halides is 3. The van der Waals surface area contributed by atoms with Gasteiger partial charge in [-0.3, -0.25) is 4.79 Å². The van der Waals surface area contributed by atoms with Crippen molar-refractivity contribution in [3.63, 3.8) is 0 Å². The molecule has 2 nitrogen and oxygen atoms in total. The Bertz CT molecular complexity index is 341. The second-order valence-corrected chi connectivity index (χ2v) is 3.48. The van der Waals surface area contributed by atoms with E-state index in [2.05, 4.69) is 0 Å². The van der Waals surface area contributed by atoms with Crippen molar-refractivity contribution in [2.45, 2.75) is 19.2 Å². The van der Waals surface area contributed by atoms with Gasteiger partial charge in [-0.1, -0.05) is 0 Å². The highest BCUT2D eigenvalue weighted by Crippen LogP contribution is 2.34. The number of hydrogen-bond donors (Lipinski definition) is 1. The van der Waals surface area contributed by atoms with Gasteiger partial charge >= 0.3 is 6.18 Å². The summed E-state index contributed by atoms with van der Waals surface area (Å²) < 4.78 is 36.8. The predicted octanol–water partition coefficient (Wildman–Crippen LogP) is 2.33. The number of rotatable bonds is 2. The molecule has 1 unspecified atom stereocenters. The van der Waals surface area contributed by atoms with Crippen molar-refractivity contribution in [1.29, 1.82) is 0 Å². The third kappa shape index (κ3) is 2.13. The number of carbonyl (C=O) groups excluding carboxylic acids is 1. The second-order valence-electron chi connectivity index (χ2n) is 2.74. The molecule has 6 heteroatoms. The first-order chi connectivity index (χ1) is 6.34. The number of ketones is 1.